The van der Waals surface area contributed by atoms with Crippen LogP contribution in [0.5, 0.6) is 0 Å². The number of benzene rings is 1. The van der Waals surface area contributed by atoms with Crippen molar-refractivity contribution in [2.24, 2.45) is 7.05 Å². The van der Waals surface area contributed by atoms with E-state index >= 15 is 0 Å². The molecule has 1 unspecified atom stereocenters. The van der Waals surface area contributed by atoms with Crippen LogP contribution in [0.4, 0.5) is 0 Å². The van der Waals surface area contributed by atoms with Gasteiger partial charge < -0.3 is 14.2 Å². The Labute approximate surface area is 120 Å². The molecule has 0 saturated heterocycles. The molecule has 106 valence electrons. The number of carboxylic acids is 1. The van der Waals surface area contributed by atoms with Crippen molar-refractivity contribution in [2.45, 2.75) is 18.4 Å². The molecule has 0 amide bonds. The van der Waals surface area contributed by atoms with Gasteiger partial charge in [0.05, 0.1) is 5.56 Å². The van der Waals surface area contributed by atoms with Gasteiger partial charge in [-0.2, -0.15) is 0 Å². The number of aromatic nitrogens is 2. The minimum atomic E-state index is -1.07. The predicted molar refractivity (Wildman–Crippen MR) is 76.9 cm³/mol. The number of imidazole rings is 1. The maximum atomic E-state index is 12.1. The minimum absolute atomic E-state index is 0.281. The van der Waals surface area contributed by atoms with Crippen LogP contribution in [-0.2, 0) is 29.7 Å². The van der Waals surface area contributed by atoms with Gasteiger partial charge in [0.25, 0.3) is 0 Å². The van der Waals surface area contributed by atoms with Gasteiger partial charge in [0.2, 0.25) is 0 Å². The maximum Gasteiger partial charge on any atom is 0.335 e. The van der Waals surface area contributed by atoms with Gasteiger partial charge in [-0.3, -0.25) is 0 Å². The predicted octanol–water partition coefficient (Wildman–Crippen LogP) is 1.88. The van der Waals surface area contributed by atoms with Crippen LogP contribution in [0, 0.1) is 6.92 Å². The summed E-state index contributed by atoms with van der Waals surface area (Å²) < 4.78 is 13.9. The molecule has 6 heteroatoms. The zero-order valence-electron chi connectivity index (χ0n) is 11.4. The maximum absolute atomic E-state index is 12.1. The number of nitrogens with zero attached hydrogens (tertiary/aromatic N) is 2. The van der Waals surface area contributed by atoms with Gasteiger partial charge >= 0.3 is 5.97 Å². The fourth-order valence-corrected chi connectivity index (χ4v) is 3.19. The second-order valence-electron chi connectivity index (χ2n) is 4.64. The normalized spacial score (nSPS) is 12.3. The topological polar surface area (TPSA) is 78.2 Å². The smallest absolute Gasteiger partial charge is 0.335 e. The largest absolute Gasteiger partial charge is 0.616 e. The van der Waals surface area contributed by atoms with E-state index in [-0.39, 0.29) is 5.56 Å². The number of carboxylic acid groups (broad SMARTS) is 1. The molecule has 1 N–H and O–H groups in total. The molecule has 0 radical (unpaired) electrons. The summed E-state index contributed by atoms with van der Waals surface area (Å²) in [5.41, 5.74) is 1.84. The van der Waals surface area contributed by atoms with E-state index in [9.17, 15) is 9.35 Å². The van der Waals surface area contributed by atoms with Crippen LogP contribution in [0.2, 0.25) is 0 Å². The van der Waals surface area contributed by atoms with Crippen LogP contribution in [0.15, 0.2) is 30.6 Å². The van der Waals surface area contributed by atoms with Crippen LogP contribution in [-0.4, -0.2) is 25.2 Å². The van der Waals surface area contributed by atoms with Gasteiger partial charge in [0.1, 0.15) is 5.75 Å². The van der Waals surface area contributed by atoms with Gasteiger partial charge in [-0.05, 0) is 29.7 Å². The molecule has 0 aliphatic heterocycles. The Morgan fingerprint density at radius 3 is 2.75 bits per heavy atom. The van der Waals surface area contributed by atoms with Crippen molar-refractivity contribution in [3.8, 4) is 0 Å². The zero-order valence-corrected chi connectivity index (χ0v) is 12.2. The molecule has 1 aromatic heterocycles. The fraction of sp³-hybridized carbons (Fsp3) is 0.286. The summed E-state index contributed by atoms with van der Waals surface area (Å²) in [7, 11) is 1.87. The Bertz CT molecular complexity index is 625. The van der Waals surface area contributed by atoms with E-state index in [1.165, 1.54) is 0 Å². The van der Waals surface area contributed by atoms with Crippen LogP contribution in [0.3, 0.4) is 0 Å². The molecule has 20 heavy (non-hydrogen) atoms. The third-order valence-electron chi connectivity index (χ3n) is 3.06. The lowest BCUT2D eigenvalue weighted by Gasteiger charge is -2.12. The van der Waals surface area contributed by atoms with Crippen molar-refractivity contribution in [3.05, 3.63) is 53.1 Å². The van der Waals surface area contributed by atoms with Crippen molar-refractivity contribution >= 4 is 17.1 Å². The van der Waals surface area contributed by atoms with Gasteiger partial charge in [-0.25, -0.2) is 9.78 Å². The lowest BCUT2D eigenvalue weighted by molar-refractivity contribution is 0.0696. The Hall–Kier alpha value is -1.79. The second-order valence-corrected chi connectivity index (χ2v) is 6.09. The summed E-state index contributed by atoms with van der Waals surface area (Å²) in [5, 5.41) is 8.97. The SMILES string of the molecule is Cc1cc(C[S+]([O-])Cc2nccn2C)ccc1C(=O)O. The molecule has 0 aliphatic carbocycles. The second kappa shape index (κ2) is 6.11. The third-order valence-corrected chi connectivity index (χ3v) is 4.30. The highest BCUT2D eigenvalue weighted by molar-refractivity contribution is 7.89. The molecule has 1 heterocycles. The molecular formula is C14H16N2O3S. The van der Waals surface area contributed by atoms with E-state index < -0.39 is 17.1 Å². The van der Waals surface area contributed by atoms with E-state index in [1.807, 2.05) is 17.8 Å². The highest BCUT2D eigenvalue weighted by Gasteiger charge is 2.14. The highest BCUT2D eigenvalue weighted by Crippen LogP contribution is 2.15. The Kier molecular flexibility index (Phi) is 4.46. The quantitative estimate of drug-likeness (QED) is 0.853. The van der Waals surface area contributed by atoms with Crippen molar-refractivity contribution in [1.82, 2.24) is 9.55 Å². The molecular weight excluding hydrogens is 276 g/mol. The van der Waals surface area contributed by atoms with Gasteiger partial charge in [-0.1, -0.05) is 12.1 Å². The minimum Gasteiger partial charge on any atom is -0.616 e. The number of hydrogen-bond donors (Lipinski definition) is 1. The van der Waals surface area contributed by atoms with E-state index in [1.54, 1.807) is 31.3 Å². The van der Waals surface area contributed by atoms with E-state index in [4.69, 9.17) is 5.11 Å². The van der Waals surface area contributed by atoms with Crippen LogP contribution < -0.4 is 0 Å². The Morgan fingerprint density at radius 1 is 1.45 bits per heavy atom. The number of hydrogen-bond acceptors (Lipinski definition) is 3. The first-order valence-corrected chi connectivity index (χ1v) is 7.60. The van der Waals surface area contributed by atoms with E-state index in [0.717, 1.165) is 11.4 Å². The van der Waals surface area contributed by atoms with Gasteiger partial charge in [0, 0.05) is 25.0 Å². The summed E-state index contributed by atoms with van der Waals surface area (Å²) in [6, 6.07) is 5.05. The summed E-state index contributed by atoms with van der Waals surface area (Å²) in [4.78, 5) is 15.1. The standard InChI is InChI=1S/C14H16N2O3S/c1-10-7-11(3-4-12(10)14(17)18)8-20(19)9-13-15-5-6-16(13)2/h3-7H,8-9H2,1-2H3,(H,17,18). The van der Waals surface area contributed by atoms with Crippen molar-refractivity contribution in [3.63, 3.8) is 0 Å². The Balaban J connectivity index is 2.05. The lowest BCUT2D eigenvalue weighted by atomic mass is 10.1. The first-order chi connectivity index (χ1) is 9.47. The summed E-state index contributed by atoms with van der Waals surface area (Å²) in [6.07, 6.45) is 3.50. The van der Waals surface area contributed by atoms with E-state index in [0.29, 0.717) is 17.1 Å². The average molecular weight is 292 g/mol. The molecule has 1 atom stereocenters. The number of rotatable bonds is 5. The molecule has 1 aromatic carbocycles. The lowest BCUT2D eigenvalue weighted by Crippen LogP contribution is -2.11. The van der Waals surface area contributed by atoms with E-state index in [2.05, 4.69) is 4.98 Å². The monoisotopic (exact) mass is 292 g/mol. The van der Waals surface area contributed by atoms with Crippen molar-refractivity contribution < 1.29 is 14.5 Å². The Morgan fingerprint density at radius 2 is 2.20 bits per heavy atom. The first-order valence-electron chi connectivity index (χ1n) is 6.11. The molecule has 0 spiro atoms. The van der Waals surface area contributed by atoms with Crippen LogP contribution in [0.25, 0.3) is 0 Å². The van der Waals surface area contributed by atoms with Crippen LogP contribution in [0.1, 0.15) is 27.3 Å². The molecule has 2 aromatic rings. The average Bonchev–Trinajstić information content (AvgIpc) is 2.74. The number of aryl methyl sites for hydroxylation is 2. The molecule has 2 rings (SSSR count). The highest BCUT2D eigenvalue weighted by atomic mass is 32.2. The summed E-state index contributed by atoms with van der Waals surface area (Å²) in [6.45, 7) is 1.74. The fourth-order valence-electron chi connectivity index (χ4n) is 1.97. The summed E-state index contributed by atoms with van der Waals surface area (Å²) in [5.74, 6) is 0.627. The molecule has 0 aliphatic rings. The van der Waals surface area contributed by atoms with Gasteiger partial charge in [-0.15, -0.1) is 0 Å². The first kappa shape index (κ1) is 14.6. The molecule has 5 nitrogen and oxygen atoms in total. The number of carbonyl (C=O) groups is 1. The molecule has 0 saturated carbocycles. The molecule has 0 fully saturated rings. The summed E-state index contributed by atoms with van der Waals surface area (Å²) >= 11 is -1.07. The van der Waals surface area contributed by atoms with Crippen molar-refractivity contribution in [2.75, 3.05) is 0 Å². The zero-order chi connectivity index (χ0) is 14.7. The third kappa shape index (κ3) is 3.40. The number of aromatic carboxylic acids is 1. The molecule has 0 bridgehead atoms. The van der Waals surface area contributed by atoms with Crippen molar-refractivity contribution in [1.29, 1.82) is 0 Å². The van der Waals surface area contributed by atoms with Gasteiger partial charge in [0.15, 0.2) is 11.6 Å². The van der Waals surface area contributed by atoms with Crippen LogP contribution >= 0.6 is 0 Å².